The zero-order valence-electron chi connectivity index (χ0n) is 11.1. The normalized spacial score (nSPS) is 21.7. The van der Waals surface area contributed by atoms with Crippen LogP contribution in [0.2, 0.25) is 0 Å². The third-order valence-corrected chi connectivity index (χ3v) is 4.09. The Hall–Kier alpha value is -1.15. The van der Waals surface area contributed by atoms with E-state index in [1.54, 1.807) is 18.2 Å². The molecular weight excluding hydrogens is 373 g/mol. The summed E-state index contributed by atoms with van der Waals surface area (Å²) in [5.41, 5.74) is 0.446. The Kier molecular flexibility index (Phi) is 4.98. The van der Waals surface area contributed by atoms with Crippen LogP contribution in [0.15, 0.2) is 18.2 Å². The summed E-state index contributed by atoms with van der Waals surface area (Å²) in [5.74, 6) is -1.42. The van der Waals surface area contributed by atoms with Crippen LogP contribution in [0.5, 0.6) is 0 Å². The van der Waals surface area contributed by atoms with Crippen LogP contribution < -0.4 is 5.32 Å². The number of carbonyl (C=O) groups excluding carboxylic acids is 1. The highest BCUT2D eigenvalue weighted by Crippen LogP contribution is 2.26. The maximum atomic E-state index is 12.3. The van der Waals surface area contributed by atoms with Crippen molar-refractivity contribution in [3.8, 4) is 0 Å². The van der Waals surface area contributed by atoms with E-state index < -0.39 is 5.97 Å². The summed E-state index contributed by atoms with van der Waals surface area (Å²) in [6, 6.07) is 4.94. The summed E-state index contributed by atoms with van der Waals surface area (Å²) in [4.78, 5) is 23.5. The first-order valence-corrected chi connectivity index (χ1v) is 7.56. The van der Waals surface area contributed by atoms with E-state index in [-0.39, 0.29) is 23.5 Å². The molecule has 0 bridgehead atoms. The molecule has 0 saturated carbocycles. The van der Waals surface area contributed by atoms with Gasteiger partial charge < -0.3 is 15.2 Å². The van der Waals surface area contributed by atoms with Gasteiger partial charge in [-0.1, -0.05) is 6.92 Å². The number of anilines is 1. The van der Waals surface area contributed by atoms with Crippen molar-refractivity contribution in [3.05, 3.63) is 27.3 Å². The average molecular weight is 389 g/mol. The van der Waals surface area contributed by atoms with Gasteiger partial charge in [-0.15, -0.1) is 0 Å². The largest absolute Gasteiger partial charge is 0.478 e. The Labute approximate surface area is 130 Å². The van der Waals surface area contributed by atoms with E-state index in [1.807, 2.05) is 29.5 Å². The molecule has 1 amide bonds. The van der Waals surface area contributed by atoms with Crippen molar-refractivity contribution in [1.82, 2.24) is 0 Å². The molecule has 1 heterocycles. The number of halogens is 1. The minimum atomic E-state index is -1.05. The van der Waals surface area contributed by atoms with Gasteiger partial charge in [-0.25, -0.2) is 4.79 Å². The van der Waals surface area contributed by atoms with Crippen LogP contribution in [-0.2, 0) is 9.53 Å². The van der Waals surface area contributed by atoms with Crippen molar-refractivity contribution in [2.75, 3.05) is 11.9 Å². The minimum Gasteiger partial charge on any atom is -0.478 e. The lowest BCUT2D eigenvalue weighted by Gasteiger charge is -2.17. The molecule has 1 aliphatic rings. The van der Waals surface area contributed by atoms with Gasteiger partial charge in [-0.05, 0) is 53.6 Å². The van der Waals surface area contributed by atoms with Crippen LogP contribution in [-0.4, -0.2) is 29.7 Å². The minimum absolute atomic E-state index is 0.0767. The first kappa shape index (κ1) is 15.2. The molecule has 0 aliphatic carbocycles. The topological polar surface area (TPSA) is 75.6 Å². The molecule has 2 unspecified atom stereocenters. The highest BCUT2D eigenvalue weighted by molar-refractivity contribution is 14.1. The second kappa shape index (κ2) is 6.53. The molecule has 2 rings (SSSR count). The lowest BCUT2D eigenvalue weighted by molar-refractivity contribution is -0.121. The summed E-state index contributed by atoms with van der Waals surface area (Å²) in [6.07, 6.45) is 1.38. The number of hydrogen-bond acceptors (Lipinski definition) is 3. The van der Waals surface area contributed by atoms with Gasteiger partial charge in [0, 0.05) is 10.2 Å². The van der Waals surface area contributed by atoms with E-state index in [0.29, 0.717) is 18.7 Å². The molecule has 2 atom stereocenters. The maximum absolute atomic E-state index is 12.3. The van der Waals surface area contributed by atoms with Gasteiger partial charge in [-0.3, -0.25) is 4.79 Å². The second-order valence-electron chi connectivity index (χ2n) is 4.70. The Morgan fingerprint density at radius 3 is 2.90 bits per heavy atom. The SMILES string of the molecule is CCC1OCCC1C(=O)Nc1ccc(I)cc1C(=O)O. The van der Waals surface area contributed by atoms with Crippen LogP contribution in [0.25, 0.3) is 0 Å². The van der Waals surface area contributed by atoms with Gasteiger partial charge in [0.1, 0.15) is 0 Å². The maximum Gasteiger partial charge on any atom is 0.337 e. The lowest BCUT2D eigenvalue weighted by atomic mass is 9.98. The number of nitrogens with one attached hydrogen (secondary N) is 1. The third kappa shape index (κ3) is 3.29. The van der Waals surface area contributed by atoms with Crippen molar-refractivity contribution in [2.24, 2.45) is 5.92 Å². The smallest absolute Gasteiger partial charge is 0.337 e. The van der Waals surface area contributed by atoms with E-state index in [2.05, 4.69) is 5.32 Å². The fourth-order valence-electron chi connectivity index (χ4n) is 2.38. The lowest BCUT2D eigenvalue weighted by Crippen LogP contribution is -2.29. The molecule has 0 spiro atoms. The van der Waals surface area contributed by atoms with Gasteiger partial charge in [0.25, 0.3) is 0 Å². The van der Waals surface area contributed by atoms with Gasteiger partial charge >= 0.3 is 5.97 Å². The zero-order chi connectivity index (χ0) is 14.7. The highest BCUT2D eigenvalue weighted by atomic mass is 127. The van der Waals surface area contributed by atoms with Crippen LogP contribution in [0.1, 0.15) is 30.1 Å². The third-order valence-electron chi connectivity index (χ3n) is 3.42. The fraction of sp³-hybridized carbons (Fsp3) is 0.429. The summed E-state index contributed by atoms with van der Waals surface area (Å²) in [5, 5.41) is 11.9. The molecule has 1 aromatic carbocycles. The molecule has 1 aromatic rings. The van der Waals surface area contributed by atoms with Gasteiger partial charge in [0.2, 0.25) is 5.91 Å². The molecule has 20 heavy (non-hydrogen) atoms. The predicted molar refractivity (Wildman–Crippen MR) is 82.9 cm³/mol. The monoisotopic (exact) mass is 389 g/mol. The van der Waals surface area contributed by atoms with E-state index in [1.165, 1.54) is 0 Å². The van der Waals surface area contributed by atoms with Gasteiger partial charge in [0.05, 0.1) is 23.3 Å². The molecule has 6 heteroatoms. The van der Waals surface area contributed by atoms with Gasteiger partial charge in [0.15, 0.2) is 0 Å². The van der Waals surface area contributed by atoms with Crippen molar-refractivity contribution < 1.29 is 19.4 Å². The Morgan fingerprint density at radius 2 is 2.25 bits per heavy atom. The molecule has 1 saturated heterocycles. The van der Waals surface area contributed by atoms with Crippen molar-refractivity contribution >= 4 is 40.2 Å². The van der Waals surface area contributed by atoms with E-state index >= 15 is 0 Å². The molecule has 0 aromatic heterocycles. The first-order chi connectivity index (χ1) is 9.52. The standard InChI is InChI=1S/C14H16INO4/c1-2-12-9(5-6-20-12)13(17)16-11-4-3-8(15)7-10(11)14(18)19/h3-4,7,9,12H,2,5-6H2,1H3,(H,16,17)(H,18,19). The van der Waals surface area contributed by atoms with Crippen molar-refractivity contribution in [1.29, 1.82) is 0 Å². The van der Waals surface area contributed by atoms with E-state index in [4.69, 9.17) is 4.74 Å². The molecule has 1 fully saturated rings. The number of aromatic carboxylic acids is 1. The Bertz CT molecular complexity index is 532. The average Bonchev–Trinajstić information content (AvgIpc) is 2.89. The van der Waals surface area contributed by atoms with Crippen molar-refractivity contribution in [3.63, 3.8) is 0 Å². The Morgan fingerprint density at radius 1 is 1.50 bits per heavy atom. The number of carboxylic acid groups (broad SMARTS) is 1. The molecule has 108 valence electrons. The molecular formula is C14H16INO4. The van der Waals surface area contributed by atoms with E-state index in [0.717, 1.165) is 9.99 Å². The molecule has 1 aliphatic heterocycles. The first-order valence-electron chi connectivity index (χ1n) is 6.48. The number of benzene rings is 1. The Balaban J connectivity index is 2.17. The van der Waals surface area contributed by atoms with E-state index in [9.17, 15) is 14.7 Å². The summed E-state index contributed by atoms with van der Waals surface area (Å²) in [6.45, 7) is 2.55. The van der Waals surface area contributed by atoms with Crippen LogP contribution >= 0.6 is 22.6 Å². The molecule has 5 nitrogen and oxygen atoms in total. The quantitative estimate of drug-likeness (QED) is 0.777. The number of amides is 1. The number of carbonyl (C=O) groups is 2. The highest BCUT2D eigenvalue weighted by Gasteiger charge is 2.33. The predicted octanol–water partition coefficient (Wildman–Crippen LogP) is 2.74. The zero-order valence-corrected chi connectivity index (χ0v) is 13.2. The van der Waals surface area contributed by atoms with Crippen LogP contribution in [0.4, 0.5) is 5.69 Å². The molecule has 0 radical (unpaired) electrons. The number of rotatable bonds is 4. The second-order valence-corrected chi connectivity index (χ2v) is 5.94. The molecule has 2 N–H and O–H groups in total. The summed E-state index contributed by atoms with van der Waals surface area (Å²) in [7, 11) is 0. The number of carboxylic acids is 1. The van der Waals surface area contributed by atoms with Gasteiger partial charge in [-0.2, -0.15) is 0 Å². The number of hydrogen-bond donors (Lipinski definition) is 2. The summed E-state index contributed by atoms with van der Waals surface area (Å²) >= 11 is 2.04. The van der Waals surface area contributed by atoms with Crippen LogP contribution in [0.3, 0.4) is 0 Å². The van der Waals surface area contributed by atoms with Crippen LogP contribution in [0, 0.1) is 9.49 Å². The summed E-state index contributed by atoms with van der Waals surface area (Å²) < 4.78 is 6.31. The fourth-order valence-corrected chi connectivity index (χ4v) is 2.87. The number of ether oxygens (including phenoxy) is 1. The van der Waals surface area contributed by atoms with Crippen molar-refractivity contribution in [2.45, 2.75) is 25.9 Å².